The number of nitrogens with one attached hydrogen (secondary N) is 1. The minimum atomic E-state index is -2.96. The molecule has 2 aromatic rings. The third-order valence-electron chi connectivity index (χ3n) is 8.77. The highest BCUT2D eigenvalue weighted by Crippen LogP contribution is 2.49. The Morgan fingerprint density at radius 1 is 1.21 bits per heavy atom. The van der Waals surface area contributed by atoms with E-state index in [0.717, 1.165) is 37.2 Å². The molecule has 1 aromatic heterocycles. The van der Waals surface area contributed by atoms with Crippen LogP contribution in [0.3, 0.4) is 0 Å². The molecule has 0 radical (unpaired) electrons. The first kappa shape index (κ1) is 26.0. The smallest absolute Gasteiger partial charge is 0.387 e. The highest BCUT2D eigenvalue weighted by Gasteiger charge is 2.60. The van der Waals surface area contributed by atoms with Crippen molar-refractivity contribution < 1.29 is 28.2 Å². The lowest BCUT2D eigenvalue weighted by molar-refractivity contribution is -0.133. The Balaban J connectivity index is 1.40. The number of carbonyl (C=O) groups is 2. The van der Waals surface area contributed by atoms with Crippen LogP contribution in [-0.2, 0) is 11.2 Å². The summed E-state index contributed by atoms with van der Waals surface area (Å²) in [7, 11) is 0. The lowest BCUT2D eigenvalue weighted by Crippen LogP contribution is -2.53. The van der Waals surface area contributed by atoms with Crippen LogP contribution >= 0.6 is 0 Å². The molecule has 6 rings (SSSR count). The predicted octanol–water partition coefficient (Wildman–Crippen LogP) is 4.37. The van der Waals surface area contributed by atoms with Gasteiger partial charge in [-0.25, -0.2) is 4.79 Å². The number of likely N-dealkylation sites (tertiary alicyclic amines) is 1. The van der Waals surface area contributed by atoms with E-state index < -0.39 is 24.3 Å². The molecule has 2 fully saturated rings. The van der Waals surface area contributed by atoms with E-state index in [0.29, 0.717) is 41.9 Å². The number of aliphatic hydroxyl groups excluding tert-OH is 1. The number of H-pyrrole nitrogens is 1. The molecule has 3 amide bonds. The van der Waals surface area contributed by atoms with Crippen molar-refractivity contribution in [2.45, 2.75) is 63.8 Å². The maximum Gasteiger partial charge on any atom is 0.387 e. The Morgan fingerprint density at radius 3 is 2.69 bits per heavy atom. The maximum absolute atomic E-state index is 14.0. The third kappa shape index (κ3) is 4.43. The van der Waals surface area contributed by atoms with Gasteiger partial charge in [0.25, 0.3) is 5.91 Å². The van der Waals surface area contributed by atoms with Gasteiger partial charge in [-0.15, -0.1) is 0 Å². The van der Waals surface area contributed by atoms with E-state index in [1.54, 1.807) is 30.0 Å². The van der Waals surface area contributed by atoms with Crippen LogP contribution in [0.1, 0.15) is 50.4 Å². The van der Waals surface area contributed by atoms with E-state index in [9.17, 15) is 23.5 Å². The van der Waals surface area contributed by atoms with Gasteiger partial charge in [-0.1, -0.05) is 25.2 Å². The van der Waals surface area contributed by atoms with Gasteiger partial charge in [0.15, 0.2) is 0 Å². The monoisotopic (exact) mass is 540 g/mol. The summed E-state index contributed by atoms with van der Waals surface area (Å²) in [5.74, 6) is 0.457. The molecule has 0 saturated carbocycles. The summed E-state index contributed by atoms with van der Waals surface area (Å²) in [6, 6.07) is 3.71. The molecule has 0 spiro atoms. The largest absolute Gasteiger partial charge is 0.435 e. The predicted molar refractivity (Wildman–Crippen MR) is 141 cm³/mol. The van der Waals surface area contributed by atoms with Gasteiger partial charge >= 0.3 is 12.6 Å². The molecule has 2 saturated heterocycles. The molecule has 208 valence electrons. The zero-order valence-electron chi connectivity index (χ0n) is 22.2. The number of benzene rings is 1. The van der Waals surface area contributed by atoms with E-state index >= 15 is 0 Å². The number of urea groups is 1. The Hall–Kier alpha value is -3.24. The second-order valence-corrected chi connectivity index (χ2v) is 11.5. The molecule has 0 bridgehead atoms. The fourth-order valence-corrected chi connectivity index (χ4v) is 6.61. The van der Waals surface area contributed by atoms with E-state index in [1.165, 1.54) is 11.0 Å². The summed E-state index contributed by atoms with van der Waals surface area (Å²) >= 11 is 0. The van der Waals surface area contributed by atoms with Gasteiger partial charge in [0.1, 0.15) is 17.3 Å². The fourth-order valence-electron chi connectivity index (χ4n) is 6.61. The first-order chi connectivity index (χ1) is 18.7. The molecule has 1 unspecified atom stereocenters. The number of aromatic nitrogens is 1. The number of aromatic amines is 1. The second kappa shape index (κ2) is 9.75. The van der Waals surface area contributed by atoms with Crippen LogP contribution in [0.25, 0.3) is 10.9 Å². The van der Waals surface area contributed by atoms with Crippen molar-refractivity contribution in [3.63, 3.8) is 0 Å². The molecule has 8 nitrogen and oxygen atoms in total. The average molecular weight is 541 g/mol. The van der Waals surface area contributed by atoms with Crippen LogP contribution < -0.4 is 4.74 Å². The molecule has 4 heterocycles. The van der Waals surface area contributed by atoms with Crippen molar-refractivity contribution in [1.29, 1.82) is 0 Å². The summed E-state index contributed by atoms with van der Waals surface area (Å²) in [5.41, 5.74) is 1.75. The quantitative estimate of drug-likeness (QED) is 0.532. The number of ether oxygens (including phenoxy) is 1. The van der Waals surface area contributed by atoms with Crippen LogP contribution in [-0.4, -0.2) is 81.2 Å². The van der Waals surface area contributed by atoms with Crippen molar-refractivity contribution in [2.24, 2.45) is 5.92 Å². The number of hydrogen-bond acceptors (Lipinski definition) is 5. The van der Waals surface area contributed by atoms with Gasteiger partial charge in [-0.3, -0.25) is 14.6 Å². The number of carbonyl (C=O) groups excluding carboxylic acids is 2. The van der Waals surface area contributed by atoms with Gasteiger partial charge in [-0.2, -0.15) is 8.78 Å². The number of imide groups is 1. The average Bonchev–Trinajstić information content (AvgIpc) is 3.33. The molecule has 3 atom stereocenters. The van der Waals surface area contributed by atoms with Crippen molar-refractivity contribution in [1.82, 2.24) is 19.7 Å². The zero-order valence-corrected chi connectivity index (χ0v) is 22.2. The van der Waals surface area contributed by atoms with Crippen molar-refractivity contribution in [3.8, 4) is 5.75 Å². The van der Waals surface area contributed by atoms with E-state index in [2.05, 4.69) is 21.5 Å². The third-order valence-corrected chi connectivity index (χ3v) is 8.77. The topological polar surface area (TPSA) is 89.1 Å². The number of hydrogen-bond donors (Lipinski definition) is 2. The molecule has 1 aromatic carbocycles. The van der Waals surface area contributed by atoms with Crippen molar-refractivity contribution >= 4 is 22.8 Å². The minimum Gasteiger partial charge on any atom is -0.435 e. The number of alkyl halides is 2. The summed E-state index contributed by atoms with van der Waals surface area (Å²) in [5, 5.41) is 11.1. The minimum absolute atomic E-state index is 0.0296. The van der Waals surface area contributed by atoms with Crippen molar-refractivity contribution in [3.05, 3.63) is 53.3 Å². The fraction of sp³-hybridized carbons (Fsp3) is 0.517. The van der Waals surface area contributed by atoms with Gasteiger partial charge in [0.2, 0.25) is 0 Å². The highest BCUT2D eigenvalue weighted by molar-refractivity contribution is 6.08. The van der Waals surface area contributed by atoms with Crippen LogP contribution in [0.2, 0.25) is 0 Å². The van der Waals surface area contributed by atoms with Crippen LogP contribution in [0.15, 0.2) is 42.0 Å². The van der Waals surface area contributed by atoms with Crippen LogP contribution in [0, 0.1) is 5.92 Å². The lowest BCUT2D eigenvalue weighted by Gasteiger charge is -2.43. The number of aliphatic hydroxyl groups is 1. The SMILES string of the molecule is CC1CCN(CCN2C(=O)N3[C@H](C4=CC(O)CC=C4)c4[nH]c5ccc(OC(F)F)cc5c4C[C@@]3(C)C2=O)CC1. The zero-order chi connectivity index (χ0) is 27.5. The standard InChI is InChI=1S/C29H34F2N4O4/c1-17-8-10-33(11-9-17)12-13-34-26(37)29(2)16-22-21-15-20(39-27(30)31)6-7-23(21)32-24(22)25(35(29)28(34)38)18-4-3-5-19(36)14-18/h3-4,6-7,14-15,17,19,25,27,32,36H,5,8-13,16H2,1-2H3/t19?,25-,29+/m1/s1. The second-order valence-electron chi connectivity index (χ2n) is 11.5. The van der Waals surface area contributed by atoms with Crippen LogP contribution in [0.4, 0.5) is 13.6 Å². The molecule has 4 aliphatic rings. The van der Waals surface area contributed by atoms with Crippen LogP contribution in [0.5, 0.6) is 5.75 Å². The normalized spacial score (nSPS) is 27.9. The molecule has 2 N–H and O–H groups in total. The van der Waals surface area contributed by atoms with E-state index in [4.69, 9.17) is 0 Å². The summed E-state index contributed by atoms with van der Waals surface area (Å²) in [6.07, 6.45) is 7.69. The highest BCUT2D eigenvalue weighted by atomic mass is 19.3. The van der Waals surface area contributed by atoms with Gasteiger partial charge in [0, 0.05) is 36.1 Å². The molecule has 1 aliphatic carbocycles. The number of amides is 3. The number of halogens is 2. The van der Waals surface area contributed by atoms with Gasteiger partial charge in [0.05, 0.1) is 6.10 Å². The van der Waals surface area contributed by atoms with Gasteiger partial charge in [-0.05, 0) is 74.5 Å². The molecule has 10 heteroatoms. The maximum atomic E-state index is 14.0. The molecule has 39 heavy (non-hydrogen) atoms. The Labute approximate surface area is 225 Å². The lowest BCUT2D eigenvalue weighted by atomic mass is 9.80. The van der Waals surface area contributed by atoms with E-state index in [1.807, 2.05) is 12.2 Å². The number of nitrogens with zero attached hydrogens (tertiary/aromatic N) is 3. The van der Waals surface area contributed by atoms with Crippen molar-refractivity contribution in [2.75, 3.05) is 26.2 Å². The number of piperidine rings is 1. The first-order valence-electron chi connectivity index (χ1n) is 13.7. The molecular formula is C29H34F2N4O4. The Bertz CT molecular complexity index is 1360. The summed E-state index contributed by atoms with van der Waals surface area (Å²) in [6.45, 7) is 3.92. The number of fused-ring (bicyclic) bond motifs is 4. The first-order valence-corrected chi connectivity index (χ1v) is 13.7. The summed E-state index contributed by atoms with van der Waals surface area (Å²) in [4.78, 5) is 36.7. The van der Waals surface area contributed by atoms with E-state index in [-0.39, 0.29) is 24.1 Å². The number of rotatable bonds is 6. The Kier molecular flexibility index (Phi) is 6.50. The molecule has 3 aliphatic heterocycles. The Morgan fingerprint density at radius 2 is 1.97 bits per heavy atom. The molecular weight excluding hydrogens is 506 g/mol. The van der Waals surface area contributed by atoms with Gasteiger partial charge < -0.3 is 19.7 Å². The summed E-state index contributed by atoms with van der Waals surface area (Å²) < 4.78 is 30.6.